The fourth-order valence-electron chi connectivity index (χ4n) is 3.19. The van der Waals surface area contributed by atoms with Crippen LogP contribution in [0.15, 0.2) is 29.5 Å². The molecule has 1 aliphatic rings. The average Bonchev–Trinajstić information content (AvgIpc) is 3.29. The molecule has 1 saturated heterocycles. The number of likely N-dealkylation sites (tertiary alicyclic amines) is 1. The lowest BCUT2D eigenvalue weighted by Gasteiger charge is -2.15. The van der Waals surface area contributed by atoms with Gasteiger partial charge in [-0.15, -0.1) is 0 Å². The Morgan fingerprint density at radius 1 is 1.31 bits per heavy atom. The first-order valence-corrected chi connectivity index (χ1v) is 9.40. The van der Waals surface area contributed by atoms with Crippen LogP contribution in [-0.2, 0) is 11.2 Å². The van der Waals surface area contributed by atoms with Crippen LogP contribution in [0.2, 0.25) is 0 Å². The Morgan fingerprint density at radius 3 is 2.85 bits per heavy atom. The maximum Gasteiger partial charge on any atom is 0.244 e. The first kappa shape index (κ1) is 18.2. The van der Waals surface area contributed by atoms with Gasteiger partial charge in [-0.25, -0.2) is 9.98 Å². The predicted octanol–water partition coefficient (Wildman–Crippen LogP) is 1.36. The van der Waals surface area contributed by atoms with Crippen LogP contribution in [0.3, 0.4) is 0 Å². The second-order valence-electron chi connectivity index (χ2n) is 6.61. The van der Waals surface area contributed by atoms with Gasteiger partial charge in [0.1, 0.15) is 12.2 Å². The molecule has 7 heteroatoms. The molecule has 2 aromatic rings. The molecule has 0 radical (unpaired) electrons. The molecule has 3 heterocycles. The van der Waals surface area contributed by atoms with Gasteiger partial charge in [0, 0.05) is 45.0 Å². The van der Waals surface area contributed by atoms with Crippen LogP contribution in [0.1, 0.15) is 31.0 Å². The van der Waals surface area contributed by atoms with E-state index in [0.29, 0.717) is 12.5 Å². The number of imidazole rings is 1. The zero-order chi connectivity index (χ0) is 18.4. The number of aromatic nitrogens is 2. The van der Waals surface area contributed by atoms with Crippen LogP contribution >= 0.6 is 0 Å². The van der Waals surface area contributed by atoms with Crippen molar-refractivity contribution in [3.8, 4) is 0 Å². The van der Waals surface area contributed by atoms with E-state index in [0.717, 1.165) is 50.2 Å². The highest BCUT2D eigenvalue weighted by molar-refractivity contribution is 5.85. The van der Waals surface area contributed by atoms with E-state index < -0.39 is 0 Å². The van der Waals surface area contributed by atoms with Crippen molar-refractivity contribution >= 4 is 17.5 Å². The Kier molecular flexibility index (Phi) is 6.09. The Bertz CT molecular complexity index is 775. The minimum atomic E-state index is 0.107. The number of fused-ring (bicyclic) bond motifs is 1. The van der Waals surface area contributed by atoms with Gasteiger partial charge >= 0.3 is 0 Å². The molecule has 2 N–H and O–H groups in total. The summed E-state index contributed by atoms with van der Waals surface area (Å²) < 4.78 is 2.05. The van der Waals surface area contributed by atoms with Crippen LogP contribution in [0.5, 0.6) is 0 Å². The van der Waals surface area contributed by atoms with E-state index >= 15 is 0 Å². The van der Waals surface area contributed by atoms with Crippen molar-refractivity contribution in [2.24, 2.45) is 4.99 Å². The molecule has 0 bridgehead atoms. The molecule has 1 amide bonds. The maximum absolute atomic E-state index is 12.1. The van der Waals surface area contributed by atoms with Crippen molar-refractivity contribution in [2.75, 3.05) is 32.7 Å². The van der Waals surface area contributed by atoms with Gasteiger partial charge in [0.05, 0.1) is 5.69 Å². The van der Waals surface area contributed by atoms with Crippen LogP contribution in [0.25, 0.3) is 5.65 Å². The highest BCUT2D eigenvalue weighted by Gasteiger charge is 2.17. The van der Waals surface area contributed by atoms with Crippen molar-refractivity contribution in [1.29, 1.82) is 0 Å². The molecule has 0 aromatic carbocycles. The van der Waals surface area contributed by atoms with Gasteiger partial charge in [0.25, 0.3) is 0 Å². The summed E-state index contributed by atoms with van der Waals surface area (Å²) in [7, 11) is 0. The third kappa shape index (κ3) is 4.53. The Balaban J connectivity index is 1.53. The van der Waals surface area contributed by atoms with Crippen LogP contribution < -0.4 is 10.6 Å². The molecule has 0 atom stereocenters. The van der Waals surface area contributed by atoms with Crippen molar-refractivity contribution < 1.29 is 4.79 Å². The molecule has 7 nitrogen and oxygen atoms in total. The van der Waals surface area contributed by atoms with Gasteiger partial charge in [-0.1, -0.05) is 6.07 Å². The van der Waals surface area contributed by atoms with Crippen LogP contribution in [-0.4, -0.2) is 58.9 Å². The molecular formula is C19H28N6O. The molecule has 0 unspecified atom stereocenters. The fraction of sp³-hybridized carbons (Fsp3) is 0.526. The van der Waals surface area contributed by atoms with E-state index in [1.165, 1.54) is 5.56 Å². The Morgan fingerprint density at radius 2 is 2.12 bits per heavy atom. The van der Waals surface area contributed by atoms with Gasteiger partial charge in [-0.05, 0) is 38.3 Å². The van der Waals surface area contributed by atoms with Gasteiger partial charge in [-0.2, -0.15) is 0 Å². The van der Waals surface area contributed by atoms with E-state index in [1.54, 1.807) is 0 Å². The number of carbonyl (C=O) groups is 1. The molecule has 26 heavy (non-hydrogen) atoms. The molecule has 0 aliphatic carbocycles. The fourth-order valence-corrected chi connectivity index (χ4v) is 3.19. The number of nitrogens with zero attached hydrogens (tertiary/aromatic N) is 4. The molecular weight excluding hydrogens is 328 g/mol. The molecule has 3 rings (SSSR count). The average molecular weight is 356 g/mol. The summed E-state index contributed by atoms with van der Waals surface area (Å²) in [6, 6.07) is 4.09. The summed E-state index contributed by atoms with van der Waals surface area (Å²) in [6.07, 6.45) is 7.08. The number of amides is 1. The number of aliphatic imine (C=N–C) groups is 1. The first-order valence-electron chi connectivity index (χ1n) is 9.40. The van der Waals surface area contributed by atoms with E-state index in [9.17, 15) is 4.79 Å². The normalized spacial score (nSPS) is 14.8. The summed E-state index contributed by atoms with van der Waals surface area (Å²) in [5.41, 5.74) is 3.21. The molecule has 140 valence electrons. The van der Waals surface area contributed by atoms with Crippen molar-refractivity contribution in [2.45, 2.75) is 33.1 Å². The van der Waals surface area contributed by atoms with Crippen molar-refractivity contribution in [3.63, 3.8) is 0 Å². The second kappa shape index (κ2) is 8.69. The highest BCUT2D eigenvalue weighted by Crippen LogP contribution is 2.10. The summed E-state index contributed by atoms with van der Waals surface area (Å²) in [6.45, 7) is 7.49. The van der Waals surface area contributed by atoms with E-state index in [-0.39, 0.29) is 12.5 Å². The number of hydrogen-bond acceptors (Lipinski definition) is 3. The lowest BCUT2D eigenvalue weighted by Crippen LogP contribution is -2.39. The minimum Gasteiger partial charge on any atom is -0.357 e. The lowest BCUT2D eigenvalue weighted by molar-refractivity contribution is -0.128. The monoisotopic (exact) mass is 356 g/mol. The quantitative estimate of drug-likeness (QED) is 0.605. The molecule has 0 saturated carbocycles. The third-order valence-electron chi connectivity index (χ3n) is 4.58. The third-order valence-corrected chi connectivity index (χ3v) is 4.58. The van der Waals surface area contributed by atoms with E-state index in [2.05, 4.69) is 44.2 Å². The lowest BCUT2D eigenvalue weighted by atomic mass is 10.3. The van der Waals surface area contributed by atoms with Gasteiger partial charge in [-0.3, -0.25) is 4.79 Å². The summed E-state index contributed by atoms with van der Waals surface area (Å²) >= 11 is 0. The maximum atomic E-state index is 12.1. The standard InChI is InChI=1S/C19H28N6O/c1-3-20-19(22-13-17(26)24-10-4-5-11-24)21-9-8-16-14-25-12-6-7-15(2)18(25)23-16/h6-7,12,14H,3-5,8-11,13H2,1-2H3,(H2,20,21,22). The Labute approximate surface area is 154 Å². The SMILES string of the molecule is CCNC(=NCC(=O)N1CCCC1)NCCc1cn2cccc(C)c2n1. The number of aryl methyl sites for hydroxylation is 1. The van der Waals surface area contributed by atoms with Gasteiger partial charge in [0.2, 0.25) is 5.91 Å². The van der Waals surface area contributed by atoms with Gasteiger partial charge < -0.3 is 19.9 Å². The molecule has 0 spiro atoms. The number of pyridine rings is 1. The van der Waals surface area contributed by atoms with Crippen molar-refractivity contribution in [3.05, 3.63) is 35.8 Å². The highest BCUT2D eigenvalue weighted by atomic mass is 16.2. The molecule has 1 fully saturated rings. The van der Waals surface area contributed by atoms with Gasteiger partial charge in [0.15, 0.2) is 5.96 Å². The summed E-state index contributed by atoms with van der Waals surface area (Å²) in [5, 5.41) is 6.49. The zero-order valence-electron chi connectivity index (χ0n) is 15.7. The smallest absolute Gasteiger partial charge is 0.244 e. The van der Waals surface area contributed by atoms with E-state index in [1.807, 2.05) is 24.1 Å². The number of carbonyl (C=O) groups excluding carboxylic acids is 1. The van der Waals surface area contributed by atoms with Crippen LogP contribution in [0, 0.1) is 6.92 Å². The summed E-state index contributed by atoms with van der Waals surface area (Å²) in [5.74, 6) is 0.788. The van der Waals surface area contributed by atoms with Crippen molar-refractivity contribution in [1.82, 2.24) is 24.9 Å². The molecule has 2 aromatic heterocycles. The number of guanidine groups is 1. The van der Waals surface area contributed by atoms with E-state index in [4.69, 9.17) is 0 Å². The zero-order valence-corrected chi connectivity index (χ0v) is 15.7. The predicted molar refractivity (Wildman–Crippen MR) is 103 cm³/mol. The second-order valence-corrected chi connectivity index (χ2v) is 6.61. The number of hydrogen-bond donors (Lipinski definition) is 2. The topological polar surface area (TPSA) is 74.0 Å². The first-order chi connectivity index (χ1) is 12.7. The molecule has 1 aliphatic heterocycles. The number of nitrogens with one attached hydrogen (secondary N) is 2. The largest absolute Gasteiger partial charge is 0.357 e. The van der Waals surface area contributed by atoms with Crippen LogP contribution in [0.4, 0.5) is 0 Å². The Hall–Kier alpha value is -2.57. The summed E-state index contributed by atoms with van der Waals surface area (Å²) in [4.78, 5) is 23.1. The number of rotatable bonds is 6. The minimum absolute atomic E-state index is 0.107.